The zero-order chi connectivity index (χ0) is 14.6. The van der Waals surface area contributed by atoms with Gasteiger partial charge < -0.3 is 10.1 Å². The van der Waals surface area contributed by atoms with E-state index in [1.54, 1.807) is 6.20 Å². The second-order valence-electron chi connectivity index (χ2n) is 5.05. The molecule has 0 bridgehead atoms. The molecule has 20 heavy (non-hydrogen) atoms. The summed E-state index contributed by atoms with van der Waals surface area (Å²) in [5.41, 5.74) is 1.05. The number of hydrogen-bond donors (Lipinski definition) is 1. The number of halogens is 1. The zero-order valence-corrected chi connectivity index (χ0v) is 13.5. The lowest BCUT2D eigenvalue weighted by Gasteiger charge is -2.09. The molecule has 1 aromatic rings. The number of nitrogens with one attached hydrogen (secondary N) is 1. The first-order chi connectivity index (χ1) is 9.77. The number of ether oxygens (including phenoxy) is 1. The molecule has 0 spiro atoms. The van der Waals surface area contributed by atoms with Gasteiger partial charge in [-0.05, 0) is 24.9 Å². The van der Waals surface area contributed by atoms with E-state index in [1.165, 1.54) is 25.7 Å². The maximum Gasteiger partial charge on any atom is 0.213 e. The minimum absolute atomic E-state index is 0.679. The second-order valence-corrected chi connectivity index (χ2v) is 5.46. The molecule has 1 aromatic heterocycles. The van der Waals surface area contributed by atoms with E-state index in [1.807, 2.05) is 6.07 Å². The van der Waals surface area contributed by atoms with Gasteiger partial charge in [-0.25, -0.2) is 4.98 Å². The van der Waals surface area contributed by atoms with E-state index in [2.05, 4.69) is 24.1 Å². The van der Waals surface area contributed by atoms with Crippen molar-refractivity contribution in [3.63, 3.8) is 0 Å². The summed E-state index contributed by atoms with van der Waals surface area (Å²) in [6.07, 6.45) is 8.99. The van der Waals surface area contributed by atoms with Crippen LogP contribution >= 0.6 is 11.6 Å². The van der Waals surface area contributed by atoms with Gasteiger partial charge in [-0.2, -0.15) is 0 Å². The van der Waals surface area contributed by atoms with Crippen LogP contribution in [0.5, 0.6) is 5.88 Å². The Labute approximate surface area is 128 Å². The number of unbranched alkanes of at least 4 members (excludes halogenated alkanes) is 4. The summed E-state index contributed by atoms with van der Waals surface area (Å²) < 4.78 is 5.69. The Bertz CT molecular complexity index is 371. The van der Waals surface area contributed by atoms with E-state index in [9.17, 15) is 0 Å². The quantitative estimate of drug-likeness (QED) is 0.607. The van der Waals surface area contributed by atoms with Gasteiger partial charge in [0.25, 0.3) is 0 Å². The molecule has 4 heteroatoms. The molecule has 3 nitrogen and oxygen atoms in total. The molecular weight excluding hydrogens is 272 g/mol. The number of rotatable bonds is 11. The van der Waals surface area contributed by atoms with Crippen LogP contribution in [0.1, 0.15) is 57.9 Å². The molecule has 1 rings (SSSR count). The van der Waals surface area contributed by atoms with Crippen LogP contribution < -0.4 is 10.1 Å². The molecule has 1 heterocycles. The minimum Gasteiger partial charge on any atom is -0.478 e. The van der Waals surface area contributed by atoms with Crippen LogP contribution in [0.15, 0.2) is 12.3 Å². The van der Waals surface area contributed by atoms with Crippen LogP contribution in [0.3, 0.4) is 0 Å². The largest absolute Gasteiger partial charge is 0.478 e. The third kappa shape index (κ3) is 7.11. The molecule has 0 saturated carbocycles. The smallest absolute Gasteiger partial charge is 0.213 e. The third-order valence-corrected chi connectivity index (χ3v) is 3.49. The molecule has 0 radical (unpaired) electrons. The van der Waals surface area contributed by atoms with Crippen LogP contribution in [-0.4, -0.2) is 18.1 Å². The number of aromatic nitrogens is 1. The van der Waals surface area contributed by atoms with Crippen LogP contribution in [0.25, 0.3) is 0 Å². The SMILES string of the molecule is CCCCCCCOc1cc(CNCCC)c(Cl)cn1. The molecule has 0 unspecified atom stereocenters. The Morgan fingerprint density at radius 2 is 1.95 bits per heavy atom. The minimum atomic E-state index is 0.679. The molecule has 0 aliphatic heterocycles. The van der Waals surface area contributed by atoms with Crippen LogP contribution in [0.2, 0.25) is 5.02 Å². The van der Waals surface area contributed by atoms with Gasteiger partial charge in [0.05, 0.1) is 11.6 Å². The topological polar surface area (TPSA) is 34.1 Å². The summed E-state index contributed by atoms with van der Waals surface area (Å²) >= 11 is 6.14. The van der Waals surface area contributed by atoms with Gasteiger partial charge in [0.2, 0.25) is 5.88 Å². The first-order valence-electron chi connectivity index (χ1n) is 7.75. The molecule has 0 amide bonds. The number of hydrogen-bond acceptors (Lipinski definition) is 3. The normalized spacial score (nSPS) is 10.8. The summed E-state index contributed by atoms with van der Waals surface area (Å²) in [5, 5.41) is 4.04. The second kappa shape index (κ2) is 10.9. The van der Waals surface area contributed by atoms with Crippen molar-refractivity contribution >= 4 is 11.6 Å². The summed E-state index contributed by atoms with van der Waals surface area (Å²) in [6.45, 7) is 6.87. The van der Waals surface area contributed by atoms with Crippen LogP contribution in [0, 0.1) is 0 Å². The van der Waals surface area contributed by atoms with Crippen molar-refractivity contribution in [3.8, 4) is 5.88 Å². The Morgan fingerprint density at radius 3 is 2.70 bits per heavy atom. The van der Waals surface area contributed by atoms with Crippen molar-refractivity contribution in [3.05, 3.63) is 22.8 Å². The summed E-state index contributed by atoms with van der Waals surface area (Å²) in [5.74, 6) is 0.679. The van der Waals surface area contributed by atoms with Gasteiger partial charge in [0, 0.05) is 18.8 Å². The summed E-state index contributed by atoms with van der Waals surface area (Å²) in [7, 11) is 0. The summed E-state index contributed by atoms with van der Waals surface area (Å²) in [4.78, 5) is 4.22. The van der Waals surface area contributed by atoms with Crippen LogP contribution in [0.4, 0.5) is 0 Å². The molecule has 0 aromatic carbocycles. The average Bonchev–Trinajstić information content (AvgIpc) is 2.46. The monoisotopic (exact) mass is 298 g/mol. The van der Waals surface area contributed by atoms with E-state index in [0.29, 0.717) is 10.9 Å². The standard InChI is InChI=1S/C16H27ClN2O/c1-3-5-6-7-8-10-20-16-11-14(12-18-9-4-2)15(17)13-19-16/h11,13,18H,3-10,12H2,1-2H3. The van der Waals surface area contributed by atoms with E-state index in [-0.39, 0.29) is 0 Å². The lowest BCUT2D eigenvalue weighted by atomic mass is 10.2. The van der Waals surface area contributed by atoms with E-state index >= 15 is 0 Å². The Kier molecular flexibility index (Phi) is 9.42. The number of nitrogens with zero attached hydrogens (tertiary/aromatic N) is 1. The molecule has 0 aliphatic rings. The zero-order valence-electron chi connectivity index (χ0n) is 12.8. The fourth-order valence-corrected chi connectivity index (χ4v) is 2.13. The fraction of sp³-hybridized carbons (Fsp3) is 0.688. The molecule has 0 fully saturated rings. The molecule has 1 N–H and O–H groups in total. The van der Waals surface area contributed by atoms with E-state index in [4.69, 9.17) is 16.3 Å². The average molecular weight is 299 g/mol. The highest BCUT2D eigenvalue weighted by molar-refractivity contribution is 6.31. The molecule has 0 saturated heterocycles. The summed E-state index contributed by atoms with van der Waals surface area (Å²) in [6, 6.07) is 1.94. The highest BCUT2D eigenvalue weighted by Crippen LogP contribution is 2.19. The Hall–Kier alpha value is -0.800. The predicted octanol–water partition coefficient (Wildman–Crippen LogP) is 4.58. The third-order valence-electron chi connectivity index (χ3n) is 3.15. The highest BCUT2D eigenvalue weighted by Gasteiger charge is 2.04. The van der Waals surface area contributed by atoms with Gasteiger partial charge >= 0.3 is 0 Å². The van der Waals surface area contributed by atoms with E-state index < -0.39 is 0 Å². The van der Waals surface area contributed by atoms with Gasteiger partial charge in [-0.1, -0.05) is 51.1 Å². The van der Waals surface area contributed by atoms with Gasteiger partial charge in [0.15, 0.2) is 0 Å². The Morgan fingerprint density at radius 1 is 1.15 bits per heavy atom. The van der Waals surface area contributed by atoms with Crippen molar-refractivity contribution < 1.29 is 4.74 Å². The fourth-order valence-electron chi connectivity index (χ4n) is 1.96. The molecular formula is C16H27ClN2O. The van der Waals surface area contributed by atoms with Crippen molar-refractivity contribution in [2.75, 3.05) is 13.2 Å². The van der Waals surface area contributed by atoms with Gasteiger partial charge in [-0.15, -0.1) is 0 Å². The Balaban J connectivity index is 2.32. The first kappa shape index (κ1) is 17.3. The van der Waals surface area contributed by atoms with Crippen molar-refractivity contribution in [2.45, 2.75) is 58.9 Å². The lowest BCUT2D eigenvalue weighted by Crippen LogP contribution is -2.14. The van der Waals surface area contributed by atoms with Crippen molar-refractivity contribution in [1.82, 2.24) is 10.3 Å². The lowest BCUT2D eigenvalue weighted by molar-refractivity contribution is 0.293. The van der Waals surface area contributed by atoms with E-state index in [0.717, 1.165) is 38.1 Å². The predicted molar refractivity (Wildman–Crippen MR) is 85.5 cm³/mol. The molecule has 0 atom stereocenters. The maximum absolute atomic E-state index is 6.14. The first-order valence-corrected chi connectivity index (χ1v) is 8.13. The number of pyridine rings is 1. The molecule has 114 valence electrons. The van der Waals surface area contributed by atoms with Gasteiger partial charge in [-0.3, -0.25) is 0 Å². The van der Waals surface area contributed by atoms with Gasteiger partial charge in [0.1, 0.15) is 0 Å². The van der Waals surface area contributed by atoms with Crippen LogP contribution in [-0.2, 0) is 6.54 Å². The van der Waals surface area contributed by atoms with Crippen molar-refractivity contribution in [1.29, 1.82) is 0 Å². The highest BCUT2D eigenvalue weighted by atomic mass is 35.5. The molecule has 0 aliphatic carbocycles. The maximum atomic E-state index is 6.14. The van der Waals surface area contributed by atoms with Crippen molar-refractivity contribution in [2.24, 2.45) is 0 Å².